The molecular formula is C20H18N2O2. The van der Waals surface area contributed by atoms with Crippen LogP contribution in [0.5, 0.6) is 0 Å². The van der Waals surface area contributed by atoms with Crippen LogP contribution < -0.4 is 0 Å². The number of nitrogens with zero attached hydrogens (tertiary/aromatic N) is 2. The van der Waals surface area contributed by atoms with Gasteiger partial charge >= 0.3 is 0 Å². The molecule has 2 aromatic rings. The normalized spacial score (nSPS) is 17.1. The Morgan fingerprint density at radius 2 is 1.79 bits per heavy atom. The second-order valence-electron chi connectivity index (χ2n) is 6.01. The smallest absolute Gasteiger partial charge is 0.253 e. The summed E-state index contributed by atoms with van der Waals surface area (Å²) in [6.45, 7) is 1.08. The summed E-state index contributed by atoms with van der Waals surface area (Å²) >= 11 is 0. The third-order valence-corrected chi connectivity index (χ3v) is 4.38. The highest BCUT2D eigenvalue weighted by Crippen LogP contribution is 2.22. The van der Waals surface area contributed by atoms with Crippen LogP contribution in [0.4, 0.5) is 0 Å². The molecule has 1 fully saturated rings. The quantitative estimate of drug-likeness (QED) is 0.816. The van der Waals surface area contributed by atoms with Crippen molar-refractivity contribution in [1.29, 1.82) is 5.26 Å². The van der Waals surface area contributed by atoms with E-state index in [9.17, 15) is 9.59 Å². The average Bonchev–Trinajstić information content (AvgIpc) is 2.67. The van der Waals surface area contributed by atoms with Crippen molar-refractivity contribution < 1.29 is 9.59 Å². The lowest BCUT2D eigenvalue weighted by Gasteiger charge is -2.32. The Labute approximate surface area is 141 Å². The van der Waals surface area contributed by atoms with E-state index in [0.717, 1.165) is 12.8 Å². The van der Waals surface area contributed by atoms with Crippen molar-refractivity contribution in [2.45, 2.75) is 12.8 Å². The molecule has 1 unspecified atom stereocenters. The molecule has 4 heteroatoms. The number of likely N-dealkylation sites (tertiary alicyclic amines) is 1. The zero-order chi connectivity index (χ0) is 16.9. The highest BCUT2D eigenvalue weighted by molar-refractivity contribution is 5.99. The first-order chi connectivity index (χ1) is 11.7. The molecule has 0 aliphatic carbocycles. The first-order valence-corrected chi connectivity index (χ1v) is 8.08. The Kier molecular flexibility index (Phi) is 4.72. The number of hydrogen-bond acceptors (Lipinski definition) is 3. The van der Waals surface area contributed by atoms with Crippen molar-refractivity contribution in [2.75, 3.05) is 13.1 Å². The summed E-state index contributed by atoms with van der Waals surface area (Å²) < 4.78 is 0. The summed E-state index contributed by atoms with van der Waals surface area (Å²) in [7, 11) is 0. The monoisotopic (exact) mass is 318 g/mol. The molecule has 1 amide bonds. The van der Waals surface area contributed by atoms with Gasteiger partial charge in [-0.15, -0.1) is 0 Å². The minimum absolute atomic E-state index is 0.0962. The standard InChI is InChI=1S/C20H18N2O2/c21-13-15-6-4-9-17(12-15)20(24)22-11-5-10-18(14-22)19(23)16-7-2-1-3-8-16/h1-4,6-9,12,18H,5,10-11,14H2. The van der Waals surface area contributed by atoms with Gasteiger partial charge in [0.05, 0.1) is 11.6 Å². The van der Waals surface area contributed by atoms with E-state index < -0.39 is 0 Å². The second-order valence-corrected chi connectivity index (χ2v) is 6.01. The molecule has 1 saturated heterocycles. The van der Waals surface area contributed by atoms with Crippen LogP contribution in [0.1, 0.15) is 39.1 Å². The number of rotatable bonds is 3. The summed E-state index contributed by atoms with van der Waals surface area (Å²) in [5, 5.41) is 8.98. The third kappa shape index (κ3) is 3.36. The van der Waals surface area contributed by atoms with Crippen molar-refractivity contribution in [1.82, 2.24) is 4.90 Å². The zero-order valence-corrected chi connectivity index (χ0v) is 13.3. The van der Waals surface area contributed by atoms with Crippen molar-refractivity contribution in [2.24, 2.45) is 5.92 Å². The lowest BCUT2D eigenvalue weighted by Crippen LogP contribution is -2.42. The Hall–Kier alpha value is -2.93. The number of benzene rings is 2. The number of ketones is 1. The van der Waals surface area contributed by atoms with Gasteiger partial charge in [-0.25, -0.2) is 0 Å². The van der Waals surface area contributed by atoms with Crippen LogP contribution in [0.25, 0.3) is 0 Å². The van der Waals surface area contributed by atoms with Crippen molar-refractivity contribution in [3.63, 3.8) is 0 Å². The molecule has 2 aromatic carbocycles. The SMILES string of the molecule is N#Cc1cccc(C(=O)N2CCCC(C(=O)c3ccccc3)C2)c1. The van der Waals surface area contributed by atoms with Crippen LogP contribution in [0, 0.1) is 17.2 Å². The van der Waals surface area contributed by atoms with Gasteiger partial charge in [-0.1, -0.05) is 36.4 Å². The molecule has 0 aromatic heterocycles. The second kappa shape index (κ2) is 7.10. The van der Waals surface area contributed by atoms with Crippen molar-refractivity contribution in [3.05, 3.63) is 71.3 Å². The zero-order valence-electron chi connectivity index (χ0n) is 13.3. The highest BCUT2D eigenvalue weighted by Gasteiger charge is 2.29. The summed E-state index contributed by atoms with van der Waals surface area (Å²) in [6.07, 6.45) is 1.61. The summed E-state index contributed by atoms with van der Waals surface area (Å²) in [5.74, 6) is -0.180. The molecule has 4 nitrogen and oxygen atoms in total. The van der Waals surface area contributed by atoms with Gasteiger partial charge in [0.15, 0.2) is 5.78 Å². The molecule has 0 radical (unpaired) electrons. The molecule has 1 aliphatic rings. The average molecular weight is 318 g/mol. The maximum atomic E-state index is 12.7. The maximum Gasteiger partial charge on any atom is 0.253 e. The maximum absolute atomic E-state index is 12.7. The van der Waals surface area contributed by atoms with Crippen LogP contribution in [0.15, 0.2) is 54.6 Å². The van der Waals surface area contributed by atoms with Crippen LogP contribution in [0.2, 0.25) is 0 Å². The van der Waals surface area contributed by atoms with E-state index in [1.807, 2.05) is 36.4 Å². The number of carbonyl (C=O) groups excluding carboxylic acids is 2. The predicted molar refractivity (Wildman–Crippen MR) is 90.6 cm³/mol. The minimum atomic E-state index is -0.163. The third-order valence-electron chi connectivity index (χ3n) is 4.38. The van der Waals surface area contributed by atoms with Crippen molar-refractivity contribution in [3.8, 4) is 6.07 Å². The van der Waals surface area contributed by atoms with Gasteiger partial charge in [0.1, 0.15) is 0 Å². The Morgan fingerprint density at radius 3 is 2.54 bits per heavy atom. The van der Waals surface area contributed by atoms with Crippen LogP contribution >= 0.6 is 0 Å². The number of piperidine rings is 1. The Morgan fingerprint density at radius 1 is 1.04 bits per heavy atom. The molecule has 120 valence electrons. The van der Waals surface area contributed by atoms with Crippen LogP contribution in [-0.4, -0.2) is 29.7 Å². The van der Waals surface area contributed by atoms with Crippen LogP contribution in [0.3, 0.4) is 0 Å². The molecule has 24 heavy (non-hydrogen) atoms. The van der Waals surface area contributed by atoms with E-state index in [1.165, 1.54) is 0 Å². The fourth-order valence-electron chi connectivity index (χ4n) is 3.12. The summed E-state index contributed by atoms with van der Waals surface area (Å²) in [4.78, 5) is 27.0. The highest BCUT2D eigenvalue weighted by atomic mass is 16.2. The molecule has 0 N–H and O–H groups in total. The topological polar surface area (TPSA) is 61.2 Å². The van der Waals surface area contributed by atoms with E-state index in [4.69, 9.17) is 5.26 Å². The largest absolute Gasteiger partial charge is 0.338 e. The van der Waals surface area contributed by atoms with E-state index in [1.54, 1.807) is 29.2 Å². The molecule has 0 bridgehead atoms. The van der Waals surface area contributed by atoms with Gasteiger partial charge in [0.25, 0.3) is 5.91 Å². The van der Waals surface area contributed by atoms with Gasteiger partial charge in [0.2, 0.25) is 0 Å². The van der Waals surface area contributed by atoms with Gasteiger partial charge in [-0.2, -0.15) is 5.26 Å². The molecule has 1 heterocycles. The van der Waals surface area contributed by atoms with Gasteiger partial charge in [-0.3, -0.25) is 9.59 Å². The fourth-order valence-corrected chi connectivity index (χ4v) is 3.12. The molecule has 1 atom stereocenters. The number of Topliss-reactive ketones (excluding diaryl/α,β-unsaturated/α-hetero) is 1. The molecule has 0 saturated carbocycles. The Balaban J connectivity index is 1.74. The predicted octanol–water partition coefficient (Wildman–Crippen LogP) is 3.29. The van der Waals surface area contributed by atoms with Crippen LogP contribution in [-0.2, 0) is 0 Å². The lowest BCUT2D eigenvalue weighted by atomic mass is 9.89. The first-order valence-electron chi connectivity index (χ1n) is 8.08. The number of nitriles is 1. The summed E-state index contributed by atoms with van der Waals surface area (Å²) in [6, 6.07) is 18.0. The summed E-state index contributed by atoms with van der Waals surface area (Å²) in [5.41, 5.74) is 1.67. The number of hydrogen-bond donors (Lipinski definition) is 0. The molecule has 3 rings (SSSR count). The van der Waals surface area contributed by atoms with Gasteiger partial charge < -0.3 is 4.90 Å². The minimum Gasteiger partial charge on any atom is -0.338 e. The Bertz CT molecular complexity index is 793. The molecule has 0 spiro atoms. The number of carbonyl (C=O) groups is 2. The molecular weight excluding hydrogens is 300 g/mol. The van der Waals surface area contributed by atoms with E-state index >= 15 is 0 Å². The fraction of sp³-hybridized carbons (Fsp3) is 0.250. The number of amides is 1. The lowest BCUT2D eigenvalue weighted by molar-refractivity contribution is 0.0637. The van der Waals surface area contributed by atoms with Gasteiger partial charge in [0, 0.05) is 30.1 Å². The van der Waals surface area contributed by atoms with E-state index in [0.29, 0.717) is 29.8 Å². The van der Waals surface area contributed by atoms with E-state index in [-0.39, 0.29) is 17.6 Å². The molecule has 1 aliphatic heterocycles. The van der Waals surface area contributed by atoms with E-state index in [2.05, 4.69) is 0 Å². The first kappa shape index (κ1) is 15.9. The van der Waals surface area contributed by atoms with Crippen molar-refractivity contribution >= 4 is 11.7 Å². The van der Waals surface area contributed by atoms with Gasteiger partial charge in [-0.05, 0) is 31.0 Å².